The summed E-state index contributed by atoms with van der Waals surface area (Å²) in [4.78, 5) is 28.8. The Balaban J connectivity index is 1.93. The van der Waals surface area contributed by atoms with Gasteiger partial charge in [0.05, 0.1) is 0 Å². The zero-order valence-electron chi connectivity index (χ0n) is 21.9. The molecular formula is C30H33BrCl2N2O3. The van der Waals surface area contributed by atoms with Crippen molar-refractivity contribution in [2.75, 3.05) is 13.2 Å². The van der Waals surface area contributed by atoms with Crippen molar-refractivity contribution in [2.24, 2.45) is 0 Å². The van der Waals surface area contributed by atoms with Crippen molar-refractivity contribution >= 4 is 50.9 Å². The molecule has 3 aromatic carbocycles. The molecular weight excluding hydrogens is 587 g/mol. The van der Waals surface area contributed by atoms with Gasteiger partial charge in [-0.25, -0.2) is 0 Å². The molecule has 202 valence electrons. The van der Waals surface area contributed by atoms with Crippen LogP contribution in [0, 0.1) is 13.8 Å². The SMILES string of the molecule is CCCCNC(=O)C(Cc1ccccc1)N(Cc1ccc(Cl)cc1Cl)C(=O)COc1cc(C)c(Br)c(C)c1. The van der Waals surface area contributed by atoms with Crippen LogP contribution in [0.2, 0.25) is 10.0 Å². The van der Waals surface area contributed by atoms with Gasteiger partial charge in [0.1, 0.15) is 11.8 Å². The third-order valence-electron chi connectivity index (χ3n) is 6.23. The van der Waals surface area contributed by atoms with E-state index in [2.05, 4.69) is 28.2 Å². The standard InChI is InChI=1S/C30H33BrCl2N2O3/c1-4-5-13-34-30(37)27(16-22-9-7-6-8-10-22)35(18-23-11-12-24(32)17-26(23)33)28(36)19-38-25-14-20(2)29(31)21(3)15-25/h6-12,14-15,17,27H,4-5,13,16,18-19H2,1-3H3,(H,34,37). The molecule has 0 fully saturated rings. The van der Waals surface area contributed by atoms with Gasteiger partial charge in [0.25, 0.3) is 5.91 Å². The highest BCUT2D eigenvalue weighted by atomic mass is 79.9. The number of nitrogens with zero attached hydrogens (tertiary/aromatic N) is 1. The molecule has 0 bridgehead atoms. The molecule has 5 nitrogen and oxygen atoms in total. The number of hydrogen-bond acceptors (Lipinski definition) is 3. The first-order valence-corrected chi connectivity index (χ1v) is 14.2. The summed E-state index contributed by atoms with van der Waals surface area (Å²) in [6, 6.07) is 17.8. The molecule has 0 aliphatic heterocycles. The van der Waals surface area contributed by atoms with E-state index in [1.165, 1.54) is 0 Å². The molecule has 0 heterocycles. The lowest BCUT2D eigenvalue weighted by Gasteiger charge is -2.32. The number of hydrogen-bond donors (Lipinski definition) is 1. The van der Waals surface area contributed by atoms with E-state index in [1.54, 1.807) is 23.1 Å². The van der Waals surface area contributed by atoms with Gasteiger partial charge in [-0.2, -0.15) is 0 Å². The topological polar surface area (TPSA) is 58.6 Å². The maximum atomic E-state index is 13.7. The summed E-state index contributed by atoms with van der Waals surface area (Å²) in [5, 5.41) is 3.94. The molecule has 3 rings (SSSR count). The van der Waals surface area contributed by atoms with E-state index >= 15 is 0 Å². The minimum absolute atomic E-state index is 0.134. The number of rotatable bonds is 12. The lowest BCUT2D eigenvalue weighted by Crippen LogP contribution is -2.51. The fourth-order valence-corrected chi connectivity index (χ4v) is 4.81. The first-order chi connectivity index (χ1) is 18.2. The Bertz CT molecular complexity index is 1230. The molecule has 2 amide bonds. The first kappa shape index (κ1) is 30.0. The zero-order valence-corrected chi connectivity index (χ0v) is 25.0. The smallest absolute Gasteiger partial charge is 0.261 e. The van der Waals surface area contributed by atoms with Gasteiger partial charge >= 0.3 is 0 Å². The number of aryl methyl sites for hydroxylation is 2. The van der Waals surface area contributed by atoms with Crippen molar-refractivity contribution in [3.8, 4) is 5.75 Å². The number of carbonyl (C=O) groups is 2. The number of halogens is 3. The van der Waals surface area contributed by atoms with Crippen molar-refractivity contribution in [2.45, 2.75) is 52.6 Å². The summed E-state index contributed by atoms with van der Waals surface area (Å²) in [5.41, 5.74) is 3.66. The molecule has 0 aliphatic carbocycles. The van der Waals surface area contributed by atoms with E-state index in [9.17, 15) is 9.59 Å². The molecule has 0 aliphatic rings. The molecule has 0 radical (unpaired) electrons. The highest BCUT2D eigenvalue weighted by Crippen LogP contribution is 2.27. The third kappa shape index (κ3) is 8.48. The van der Waals surface area contributed by atoms with Gasteiger partial charge in [-0.3, -0.25) is 9.59 Å². The van der Waals surface area contributed by atoms with Crippen molar-refractivity contribution in [1.29, 1.82) is 0 Å². The second-order valence-electron chi connectivity index (χ2n) is 9.27. The van der Waals surface area contributed by atoms with Crippen LogP contribution in [0.25, 0.3) is 0 Å². The Labute approximate surface area is 243 Å². The van der Waals surface area contributed by atoms with Crippen LogP contribution < -0.4 is 10.1 Å². The number of nitrogens with one attached hydrogen (secondary N) is 1. The number of amides is 2. The van der Waals surface area contributed by atoms with Crippen molar-refractivity contribution in [1.82, 2.24) is 10.2 Å². The minimum Gasteiger partial charge on any atom is -0.484 e. The van der Waals surface area contributed by atoms with Crippen molar-refractivity contribution in [3.63, 3.8) is 0 Å². The van der Waals surface area contributed by atoms with E-state index in [4.69, 9.17) is 27.9 Å². The predicted molar refractivity (Wildman–Crippen MR) is 158 cm³/mol. The van der Waals surface area contributed by atoms with E-state index in [0.29, 0.717) is 34.3 Å². The van der Waals surface area contributed by atoms with E-state index < -0.39 is 6.04 Å². The monoisotopic (exact) mass is 618 g/mol. The summed E-state index contributed by atoms with van der Waals surface area (Å²) in [6.07, 6.45) is 2.16. The maximum absolute atomic E-state index is 13.7. The Morgan fingerprint density at radius 1 is 1.03 bits per heavy atom. The summed E-state index contributed by atoms with van der Waals surface area (Å²) < 4.78 is 6.94. The Hall–Kier alpha value is -2.54. The average Bonchev–Trinajstić information content (AvgIpc) is 2.89. The largest absolute Gasteiger partial charge is 0.484 e. The van der Waals surface area contributed by atoms with Gasteiger partial charge < -0.3 is 15.0 Å². The van der Waals surface area contributed by atoms with E-state index in [-0.39, 0.29) is 25.0 Å². The molecule has 0 saturated heterocycles. The van der Waals surface area contributed by atoms with Crippen LogP contribution in [-0.4, -0.2) is 35.9 Å². The Morgan fingerprint density at radius 3 is 2.34 bits per heavy atom. The van der Waals surface area contributed by atoms with E-state index in [0.717, 1.165) is 34.0 Å². The average molecular weight is 620 g/mol. The summed E-state index contributed by atoms with van der Waals surface area (Å²) in [5.74, 6) is 0.0601. The molecule has 1 N–H and O–H groups in total. The van der Waals surface area contributed by atoms with Crippen LogP contribution in [0.15, 0.2) is 65.1 Å². The summed E-state index contributed by atoms with van der Waals surface area (Å²) >= 11 is 16.2. The van der Waals surface area contributed by atoms with E-state index in [1.807, 2.05) is 56.3 Å². The molecule has 38 heavy (non-hydrogen) atoms. The van der Waals surface area contributed by atoms with Gasteiger partial charge in [0.15, 0.2) is 6.61 Å². The van der Waals surface area contributed by atoms with Gasteiger partial charge in [0, 0.05) is 34.0 Å². The number of carbonyl (C=O) groups excluding carboxylic acids is 2. The Kier molecular flexibility index (Phi) is 11.5. The van der Waals surface area contributed by atoms with Crippen LogP contribution in [0.3, 0.4) is 0 Å². The highest BCUT2D eigenvalue weighted by molar-refractivity contribution is 9.10. The molecule has 0 aromatic heterocycles. The normalized spacial score (nSPS) is 11.6. The fourth-order valence-electron chi connectivity index (χ4n) is 4.11. The van der Waals surface area contributed by atoms with Gasteiger partial charge in [-0.1, -0.05) is 88.9 Å². The van der Waals surface area contributed by atoms with Crippen LogP contribution >= 0.6 is 39.1 Å². The minimum atomic E-state index is -0.759. The van der Waals surface area contributed by atoms with Crippen molar-refractivity contribution < 1.29 is 14.3 Å². The van der Waals surface area contributed by atoms with Crippen LogP contribution in [0.1, 0.15) is 42.0 Å². The second-order valence-corrected chi connectivity index (χ2v) is 10.9. The van der Waals surface area contributed by atoms with Crippen LogP contribution in [-0.2, 0) is 22.6 Å². The Morgan fingerprint density at radius 2 is 1.71 bits per heavy atom. The molecule has 8 heteroatoms. The van der Waals surface area contributed by atoms with Crippen molar-refractivity contribution in [3.05, 3.63) is 97.4 Å². The fraction of sp³-hybridized carbons (Fsp3) is 0.333. The van der Waals surface area contributed by atoms with Gasteiger partial charge in [-0.05, 0) is 66.8 Å². The molecule has 0 saturated carbocycles. The summed E-state index contributed by atoms with van der Waals surface area (Å²) in [6.45, 7) is 6.45. The molecule has 1 atom stereocenters. The number of benzene rings is 3. The van der Waals surface area contributed by atoms with Crippen LogP contribution in [0.5, 0.6) is 5.75 Å². The molecule has 0 spiro atoms. The highest BCUT2D eigenvalue weighted by Gasteiger charge is 2.31. The number of unbranched alkanes of at least 4 members (excludes halogenated alkanes) is 1. The lowest BCUT2D eigenvalue weighted by atomic mass is 10.0. The quantitative estimate of drug-likeness (QED) is 0.216. The van der Waals surface area contributed by atoms with Crippen LogP contribution in [0.4, 0.5) is 0 Å². The lowest BCUT2D eigenvalue weighted by molar-refractivity contribution is -0.142. The third-order valence-corrected chi connectivity index (χ3v) is 8.07. The predicted octanol–water partition coefficient (Wildman–Crippen LogP) is 7.31. The maximum Gasteiger partial charge on any atom is 0.261 e. The second kappa shape index (κ2) is 14.6. The zero-order chi connectivity index (χ0) is 27.7. The van der Waals surface area contributed by atoms with Gasteiger partial charge in [-0.15, -0.1) is 0 Å². The summed E-state index contributed by atoms with van der Waals surface area (Å²) in [7, 11) is 0. The van der Waals surface area contributed by atoms with Gasteiger partial charge in [0.2, 0.25) is 5.91 Å². The number of ether oxygens (including phenoxy) is 1. The molecule has 1 unspecified atom stereocenters. The first-order valence-electron chi connectivity index (χ1n) is 12.6. The molecule has 3 aromatic rings.